The van der Waals surface area contributed by atoms with Gasteiger partial charge in [-0.25, -0.2) is 8.42 Å². The van der Waals surface area contributed by atoms with Crippen LogP contribution < -0.4 is 5.73 Å². The lowest BCUT2D eigenvalue weighted by atomic mass is 10.0. The quantitative estimate of drug-likeness (QED) is 0.722. The molecule has 1 amide bonds. The van der Waals surface area contributed by atoms with Crippen molar-refractivity contribution in [3.63, 3.8) is 0 Å². The first kappa shape index (κ1) is 20.8. The Hall–Kier alpha value is -1.96. The maximum absolute atomic E-state index is 13.2. The molecular weight excluding hydrogens is 392 g/mol. The number of thiophene rings is 1. The number of likely N-dealkylation sites (tertiary alicyclic amines) is 1. The number of hydrogen-bond donors (Lipinski definition) is 1. The molecule has 1 aliphatic rings. The monoisotopic (exact) mass is 418 g/mol. The van der Waals surface area contributed by atoms with Crippen molar-refractivity contribution < 1.29 is 13.2 Å². The molecule has 1 atom stereocenters. The Labute approximate surface area is 170 Å². The van der Waals surface area contributed by atoms with E-state index < -0.39 is 21.1 Å². The molecule has 2 N–H and O–H groups in total. The number of sulfone groups is 1. The van der Waals surface area contributed by atoms with Gasteiger partial charge in [-0.3, -0.25) is 9.69 Å². The lowest BCUT2D eigenvalue weighted by molar-refractivity contribution is 0.100. The second-order valence-corrected chi connectivity index (χ2v) is 10.6. The smallest absolute Gasteiger partial charge is 0.250 e. The van der Waals surface area contributed by atoms with Crippen LogP contribution in [0, 0.1) is 13.8 Å². The van der Waals surface area contributed by atoms with Gasteiger partial charge in [0.2, 0.25) is 5.91 Å². The third kappa shape index (κ3) is 3.79. The lowest BCUT2D eigenvalue weighted by Gasteiger charge is -2.32. The Morgan fingerprint density at radius 2 is 1.75 bits per heavy atom. The van der Waals surface area contributed by atoms with E-state index in [0.717, 1.165) is 53.2 Å². The number of nitrogens with zero attached hydrogens (tertiary/aromatic N) is 1. The summed E-state index contributed by atoms with van der Waals surface area (Å²) < 4.78 is 26.3. The molecule has 1 saturated heterocycles. The summed E-state index contributed by atoms with van der Waals surface area (Å²) in [6.07, 6.45) is 4.67. The maximum atomic E-state index is 13.2. The highest BCUT2D eigenvalue weighted by Crippen LogP contribution is 2.36. The molecule has 1 aromatic heterocycles. The molecule has 1 aromatic carbocycles. The summed E-state index contributed by atoms with van der Waals surface area (Å²) in [5.41, 5.74) is 7.65. The van der Waals surface area contributed by atoms with E-state index in [9.17, 15) is 13.2 Å². The predicted octanol–water partition coefficient (Wildman–Crippen LogP) is 3.90. The van der Waals surface area contributed by atoms with Gasteiger partial charge in [0.1, 0.15) is 5.37 Å². The second-order valence-electron chi connectivity index (χ2n) is 7.12. The summed E-state index contributed by atoms with van der Waals surface area (Å²) in [4.78, 5) is 16.0. The third-order valence-corrected chi connectivity index (χ3v) is 8.32. The minimum absolute atomic E-state index is 0.261. The minimum atomic E-state index is -3.56. The van der Waals surface area contributed by atoms with Gasteiger partial charge in [0.15, 0.2) is 9.84 Å². The molecule has 0 saturated carbocycles. The van der Waals surface area contributed by atoms with Crippen molar-refractivity contribution in [2.24, 2.45) is 5.73 Å². The van der Waals surface area contributed by atoms with Crippen LogP contribution >= 0.6 is 11.3 Å². The Morgan fingerprint density at radius 3 is 2.29 bits per heavy atom. The van der Waals surface area contributed by atoms with Gasteiger partial charge in [0, 0.05) is 15.3 Å². The summed E-state index contributed by atoms with van der Waals surface area (Å²) in [7, 11) is -3.56. The summed E-state index contributed by atoms with van der Waals surface area (Å²) in [5, 5.41) is -0.718. The molecule has 150 valence electrons. The van der Waals surface area contributed by atoms with Gasteiger partial charge in [-0.1, -0.05) is 24.6 Å². The van der Waals surface area contributed by atoms with Crippen LogP contribution in [0.5, 0.6) is 0 Å². The summed E-state index contributed by atoms with van der Waals surface area (Å²) in [6.45, 7) is 9.11. The van der Waals surface area contributed by atoms with Crippen LogP contribution in [0.15, 0.2) is 41.8 Å². The molecule has 2 heterocycles. The van der Waals surface area contributed by atoms with Crippen LogP contribution in [0.4, 0.5) is 0 Å². The number of piperidine rings is 1. The fraction of sp³-hybridized carbons (Fsp3) is 0.381. The van der Waals surface area contributed by atoms with Crippen molar-refractivity contribution >= 4 is 27.1 Å². The average molecular weight is 419 g/mol. The predicted molar refractivity (Wildman–Crippen MR) is 114 cm³/mol. The van der Waals surface area contributed by atoms with Crippen molar-refractivity contribution in [2.45, 2.75) is 43.4 Å². The molecule has 0 radical (unpaired) electrons. The number of primary amides is 1. The largest absolute Gasteiger partial charge is 0.366 e. The first-order chi connectivity index (χ1) is 13.3. The van der Waals surface area contributed by atoms with E-state index in [1.54, 1.807) is 24.3 Å². The molecular formula is C21H26N2O3S2. The summed E-state index contributed by atoms with van der Waals surface area (Å²) in [6, 6.07) is 6.74. The first-order valence-corrected chi connectivity index (χ1v) is 11.7. The fourth-order valence-electron chi connectivity index (χ4n) is 3.92. The van der Waals surface area contributed by atoms with E-state index in [4.69, 9.17) is 5.73 Å². The number of hydrogen-bond acceptors (Lipinski definition) is 5. The van der Waals surface area contributed by atoms with Gasteiger partial charge in [0.05, 0.1) is 10.5 Å². The highest BCUT2D eigenvalue weighted by molar-refractivity contribution is 7.92. The van der Waals surface area contributed by atoms with Gasteiger partial charge in [-0.2, -0.15) is 0 Å². The Bertz CT molecular complexity index is 985. The highest BCUT2D eigenvalue weighted by Gasteiger charge is 2.31. The van der Waals surface area contributed by atoms with Gasteiger partial charge in [-0.05, 0) is 57.5 Å². The normalized spacial score (nSPS) is 16.6. The molecule has 1 unspecified atom stereocenters. The molecule has 5 nitrogen and oxygen atoms in total. The van der Waals surface area contributed by atoms with Crippen molar-refractivity contribution in [1.29, 1.82) is 0 Å². The van der Waals surface area contributed by atoms with Crippen molar-refractivity contribution in [1.82, 2.24) is 4.90 Å². The summed E-state index contributed by atoms with van der Waals surface area (Å²) >= 11 is 1.52. The van der Waals surface area contributed by atoms with Gasteiger partial charge in [-0.15, -0.1) is 17.9 Å². The SMILES string of the molecule is C=CC(N1CCCCC1)S(=O)(=O)c1ccc(-c2c(C)sc(C)c2C(N)=O)cc1. The first-order valence-electron chi connectivity index (χ1n) is 9.38. The van der Waals surface area contributed by atoms with Crippen LogP contribution in [0.3, 0.4) is 0 Å². The highest BCUT2D eigenvalue weighted by atomic mass is 32.2. The standard InChI is InChI=1S/C21H26N2O3S2/c1-4-18(23-12-6-5-7-13-23)28(25,26)17-10-8-16(9-11-17)19-14(2)27-15(3)20(19)21(22)24/h4,8-11,18H,1,5-7,12-13H2,2-3H3,(H2,22,24). The molecule has 2 aromatic rings. The van der Waals surface area contributed by atoms with Crippen LogP contribution in [0.25, 0.3) is 11.1 Å². The number of aryl methyl sites for hydroxylation is 2. The maximum Gasteiger partial charge on any atom is 0.250 e. The second kappa shape index (κ2) is 8.19. The number of nitrogens with two attached hydrogens (primary N) is 1. The van der Waals surface area contributed by atoms with Crippen LogP contribution in [0.2, 0.25) is 0 Å². The Morgan fingerprint density at radius 1 is 1.14 bits per heavy atom. The zero-order valence-electron chi connectivity index (χ0n) is 16.3. The topological polar surface area (TPSA) is 80.5 Å². The van der Waals surface area contributed by atoms with Crippen LogP contribution in [0.1, 0.15) is 39.4 Å². The molecule has 0 bridgehead atoms. The van der Waals surface area contributed by atoms with Crippen molar-refractivity contribution in [3.8, 4) is 11.1 Å². The number of carbonyl (C=O) groups is 1. The minimum Gasteiger partial charge on any atom is -0.366 e. The van der Waals surface area contributed by atoms with Gasteiger partial charge in [0.25, 0.3) is 0 Å². The lowest BCUT2D eigenvalue weighted by Crippen LogP contribution is -2.42. The number of amides is 1. The fourth-order valence-corrected chi connectivity index (χ4v) is 6.66. The van der Waals surface area contributed by atoms with E-state index in [1.165, 1.54) is 17.4 Å². The van der Waals surface area contributed by atoms with E-state index in [1.807, 2.05) is 18.7 Å². The zero-order valence-corrected chi connectivity index (χ0v) is 17.9. The Kier molecular flexibility index (Phi) is 6.07. The molecule has 28 heavy (non-hydrogen) atoms. The van der Waals surface area contributed by atoms with E-state index in [0.29, 0.717) is 5.56 Å². The molecule has 1 fully saturated rings. The van der Waals surface area contributed by atoms with Gasteiger partial charge < -0.3 is 5.73 Å². The third-order valence-electron chi connectivity index (χ3n) is 5.25. The number of rotatable bonds is 6. The molecule has 1 aliphatic heterocycles. The Balaban J connectivity index is 1.96. The van der Waals surface area contributed by atoms with E-state index in [2.05, 4.69) is 6.58 Å². The average Bonchev–Trinajstić information content (AvgIpc) is 2.97. The molecule has 0 spiro atoms. The summed E-state index contributed by atoms with van der Waals surface area (Å²) in [5.74, 6) is -0.467. The van der Waals surface area contributed by atoms with Crippen molar-refractivity contribution in [3.05, 3.63) is 52.2 Å². The zero-order chi connectivity index (χ0) is 20.5. The van der Waals surface area contributed by atoms with E-state index in [-0.39, 0.29) is 4.90 Å². The van der Waals surface area contributed by atoms with E-state index >= 15 is 0 Å². The number of carbonyl (C=O) groups excluding carboxylic acids is 1. The molecule has 0 aliphatic carbocycles. The van der Waals surface area contributed by atoms with Crippen molar-refractivity contribution in [2.75, 3.05) is 13.1 Å². The van der Waals surface area contributed by atoms with Gasteiger partial charge >= 0.3 is 0 Å². The van der Waals surface area contributed by atoms with Crippen LogP contribution in [-0.4, -0.2) is 37.7 Å². The number of benzene rings is 1. The van der Waals surface area contributed by atoms with Crippen LogP contribution in [-0.2, 0) is 9.84 Å². The molecule has 3 rings (SSSR count). The molecule has 7 heteroatoms.